The van der Waals surface area contributed by atoms with Gasteiger partial charge in [0, 0.05) is 16.1 Å². The molecule has 3 aromatic rings. The van der Waals surface area contributed by atoms with Gasteiger partial charge < -0.3 is 10.3 Å². The van der Waals surface area contributed by atoms with Gasteiger partial charge in [-0.1, -0.05) is 41.4 Å². The quantitative estimate of drug-likeness (QED) is 0.747. The molecular weight excluding hydrogens is 333 g/mol. The number of halogens is 2. The highest BCUT2D eigenvalue weighted by Crippen LogP contribution is 2.22. The number of nitrogens with one attached hydrogen (secondary N) is 2. The van der Waals surface area contributed by atoms with Crippen molar-refractivity contribution in [3.63, 3.8) is 0 Å². The third kappa shape index (κ3) is 3.55. The van der Waals surface area contributed by atoms with Crippen LogP contribution in [0.4, 0.5) is 0 Å². The van der Waals surface area contributed by atoms with Crippen molar-refractivity contribution in [3.05, 3.63) is 74.3 Å². The van der Waals surface area contributed by atoms with Crippen LogP contribution in [0.1, 0.15) is 24.4 Å². The molecule has 0 bridgehead atoms. The van der Waals surface area contributed by atoms with Crippen LogP contribution in [0.25, 0.3) is 10.9 Å². The first-order valence-electron chi connectivity index (χ1n) is 7.21. The minimum absolute atomic E-state index is 0.0315. The summed E-state index contributed by atoms with van der Waals surface area (Å²) in [4.78, 5) is 19.3. The van der Waals surface area contributed by atoms with E-state index in [9.17, 15) is 4.79 Å². The Morgan fingerprint density at radius 1 is 1.22 bits per heavy atom. The maximum atomic E-state index is 12.1. The highest BCUT2D eigenvalue weighted by Gasteiger charge is 2.10. The number of rotatable bonds is 4. The van der Waals surface area contributed by atoms with Crippen molar-refractivity contribution >= 4 is 34.1 Å². The molecule has 4 nitrogen and oxygen atoms in total. The number of aromatic amines is 1. The molecule has 0 aliphatic rings. The molecule has 0 spiro atoms. The fourth-order valence-electron chi connectivity index (χ4n) is 2.43. The van der Waals surface area contributed by atoms with Crippen LogP contribution in [0, 0.1) is 0 Å². The number of aromatic nitrogens is 2. The monoisotopic (exact) mass is 347 g/mol. The highest BCUT2D eigenvalue weighted by atomic mass is 35.5. The summed E-state index contributed by atoms with van der Waals surface area (Å²) in [7, 11) is 0. The molecule has 6 heteroatoms. The van der Waals surface area contributed by atoms with Crippen LogP contribution in [-0.4, -0.2) is 9.97 Å². The molecule has 1 atom stereocenters. The zero-order valence-corrected chi connectivity index (χ0v) is 13.9. The van der Waals surface area contributed by atoms with Crippen LogP contribution in [-0.2, 0) is 6.54 Å². The number of nitrogens with zero attached hydrogens (tertiary/aromatic N) is 1. The lowest BCUT2D eigenvalue weighted by molar-refractivity contribution is 0.559. The summed E-state index contributed by atoms with van der Waals surface area (Å²) in [5.74, 6) is 0.559. The van der Waals surface area contributed by atoms with Crippen LogP contribution in [0.2, 0.25) is 10.0 Å². The van der Waals surface area contributed by atoms with Crippen molar-refractivity contribution in [1.82, 2.24) is 15.3 Å². The van der Waals surface area contributed by atoms with Crippen LogP contribution in [0.5, 0.6) is 0 Å². The number of hydrogen-bond donors (Lipinski definition) is 2. The minimum Gasteiger partial charge on any atom is -0.309 e. The first kappa shape index (κ1) is 16.0. The van der Waals surface area contributed by atoms with Crippen LogP contribution < -0.4 is 10.9 Å². The molecule has 0 aliphatic carbocycles. The van der Waals surface area contributed by atoms with Gasteiger partial charge in [0.25, 0.3) is 5.56 Å². The Hall–Kier alpha value is -1.88. The predicted molar refractivity (Wildman–Crippen MR) is 94.1 cm³/mol. The molecule has 0 saturated carbocycles. The molecule has 2 N–H and O–H groups in total. The zero-order valence-electron chi connectivity index (χ0n) is 12.4. The van der Waals surface area contributed by atoms with Crippen molar-refractivity contribution in [2.45, 2.75) is 19.5 Å². The average Bonchev–Trinajstić information content (AvgIpc) is 2.52. The number of fused-ring (bicyclic) bond motifs is 1. The third-order valence-electron chi connectivity index (χ3n) is 3.67. The molecule has 3 rings (SSSR count). The van der Waals surface area contributed by atoms with Gasteiger partial charge >= 0.3 is 0 Å². The molecule has 118 valence electrons. The van der Waals surface area contributed by atoms with Gasteiger partial charge in [0.2, 0.25) is 0 Å². The standard InChI is InChI=1S/C17H15Cl2N3O/c1-10(12-4-2-3-5-14(12)19)20-9-16-21-15-8-11(18)6-7-13(15)17(23)22-16/h2-8,10,20H,9H2,1H3,(H,21,22,23). The Morgan fingerprint density at radius 2 is 2.00 bits per heavy atom. The smallest absolute Gasteiger partial charge is 0.258 e. The van der Waals surface area contributed by atoms with Gasteiger partial charge in [-0.2, -0.15) is 0 Å². The van der Waals surface area contributed by atoms with Gasteiger partial charge in [-0.05, 0) is 36.8 Å². The van der Waals surface area contributed by atoms with Crippen molar-refractivity contribution in [1.29, 1.82) is 0 Å². The van der Waals surface area contributed by atoms with E-state index in [-0.39, 0.29) is 11.6 Å². The van der Waals surface area contributed by atoms with Gasteiger partial charge in [0.1, 0.15) is 5.82 Å². The first-order valence-corrected chi connectivity index (χ1v) is 7.96. The molecule has 0 amide bonds. The van der Waals surface area contributed by atoms with Gasteiger partial charge in [-0.3, -0.25) is 4.79 Å². The first-order chi connectivity index (χ1) is 11.0. The normalized spacial score (nSPS) is 12.5. The van der Waals surface area contributed by atoms with Crippen molar-refractivity contribution < 1.29 is 0 Å². The molecular formula is C17H15Cl2N3O. The molecule has 0 radical (unpaired) electrons. The van der Waals surface area contributed by atoms with Crippen LogP contribution in [0.15, 0.2) is 47.3 Å². The van der Waals surface area contributed by atoms with Crippen molar-refractivity contribution in [2.75, 3.05) is 0 Å². The Balaban J connectivity index is 1.82. The Morgan fingerprint density at radius 3 is 2.78 bits per heavy atom. The van der Waals surface area contributed by atoms with Crippen LogP contribution in [0.3, 0.4) is 0 Å². The number of hydrogen-bond acceptors (Lipinski definition) is 3. The summed E-state index contributed by atoms with van der Waals surface area (Å²) in [6.45, 7) is 2.43. The molecule has 0 aliphatic heterocycles. The van der Waals surface area contributed by atoms with E-state index in [0.717, 1.165) is 5.56 Å². The average molecular weight is 348 g/mol. The van der Waals surface area contributed by atoms with E-state index in [1.807, 2.05) is 31.2 Å². The fourth-order valence-corrected chi connectivity index (χ4v) is 2.90. The van der Waals surface area contributed by atoms with Gasteiger partial charge in [0.15, 0.2) is 0 Å². The van der Waals surface area contributed by atoms with Crippen molar-refractivity contribution in [3.8, 4) is 0 Å². The van der Waals surface area contributed by atoms with Gasteiger partial charge in [-0.15, -0.1) is 0 Å². The van der Waals surface area contributed by atoms with Crippen molar-refractivity contribution in [2.24, 2.45) is 0 Å². The van der Waals surface area contributed by atoms with E-state index in [0.29, 0.717) is 33.3 Å². The predicted octanol–water partition coefficient (Wildman–Crippen LogP) is 4.08. The second-order valence-electron chi connectivity index (χ2n) is 5.30. The van der Waals surface area contributed by atoms with E-state index < -0.39 is 0 Å². The molecule has 1 unspecified atom stereocenters. The minimum atomic E-state index is -0.172. The number of benzene rings is 2. The highest BCUT2D eigenvalue weighted by molar-refractivity contribution is 6.31. The third-order valence-corrected chi connectivity index (χ3v) is 4.24. The van der Waals surface area contributed by atoms with Crippen LogP contribution >= 0.6 is 23.2 Å². The SMILES string of the molecule is CC(NCc1nc2cc(Cl)ccc2c(=O)[nH]1)c1ccccc1Cl. The largest absolute Gasteiger partial charge is 0.309 e. The van der Waals surface area contributed by atoms with E-state index in [1.54, 1.807) is 18.2 Å². The Bertz CT molecular complexity index is 908. The lowest BCUT2D eigenvalue weighted by Gasteiger charge is -2.15. The fraction of sp³-hybridized carbons (Fsp3) is 0.176. The summed E-state index contributed by atoms with van der Waals surface area (Å²) in [5.41, 5.74) is 1.41. The van der Waals surface area contributed by atoms with E-state index in [4.69, 9.17) is 23.2 Å². The Kier molecular flexibility index (Phi) is 4.66. The number of H-pyrrole nitrogens is 1. The topological polar surface area (TPSA) is 57.8 Å². The molecule has 1 heterocycles. The summed E-state index contributed by atoms with van der Waals surface area (Å²) in [5, 5.41) is 5.10. The van der Waals surface area contributed by atoms with Gasteiger partial charge in [0.05, 0.1) is 17.4 Å². The summed E-state index contributed by atoms with van der Waals surface area (Å²) in [6.07, 6.45) is 0. The Labute approximate surface area is 143 Å². The van der Waals surface area contributed by atoms with Gasteiger partial charge in [-0.25, -0.2) is 4.98 Å². The molecule has 23 heavy (non-hydrogen) atoms. The molecule has 1 aromatic heterocycles. The van der Waals surface area contributed by atoms with E-state index in [1.165, 1.54) is 0 Å². The zero-order chi connectivity index (χ0) is 16.4. The maximum absolute atomic E-state index is 12.1. The lowest BCUT2D eigenvalue weighted by Crippen LogP contribution is -2.22. The second-order valence-corrected chi connectivity index (χ2v) is 6.14. The van der Waals surface area contributed by atoms with E-state index in [2.05, 4.69) is 15.3 Å². The molecule has 2 aromatic carbocycles. The summed E-state index contributed by atoms with van der Waals surface area (Å²) in [6, 6.07) is 12.7. The second kappa shape index (κ2) is 6.71. The summed E-state index contributed by atoms with van der Waals surface area (Å²) < 4.78 is 0. The molecule has 0 fully saturated rings. The maximum Gasteiger partial charge on any atom is 0.258 e. The molecule has 0 saturated heterocycles. The summed E-state index contributed by atoms with van der Waals surface area (Å²) >= 11 is 12.2. The lowest BCUT2D eigenvalue weighted by atomic mass is 10.1. The van der Waals surface area contributed by atoms with E-state index >= 15 is 0 Å².